The van der Waals surface area contributed by atoms with Gasteiger partial charge in [0.25, 0.3) is 5.92 Å². The van der Waals surface area contributed by atoms with Crippen LogP contribution in [0.25, 0.3) is 0 Å². The molecule has 0 spiro atoms. The molecule has 2 aromatic rings. The van der Waals surface area contributed by atoms with E-state index in [0.717, 1.165) is 18.3 Å². The minimum Gasteiger partial charge on any atom is -0.374 e. The number of rotatable bonds is 8. The Kier molecular flexibility index (Phi) is 5.68. The Morgan fingerprint density at radius 3 is 2.70 bits per heavy atom. The van der Waals surface area contributed by atoms with Gasteiger partial charge in [0.15, 0.2) is 0 Å². The summed E-state index contributed by atoms with van der Waals surface area (Å²) in [4.78, 5) is 3.99. The molecule has 27 heavy (non-hydrogen) atoms. The first-order chi connectivity index (χ1) is 12.9. The lowest BCUT2D eigenvalue weighted by molar-refractivity contribution is -0.0377. The number of benzene rings is 1. The van der Waals surface area contributed by atoms with Crippen molar-refractivity contribution in [1.29, 1.82) is 0 Å². The minimum atomic E-state index is -3.37. The summed E-state index contributed by atoms with van der Waals surface area (Å²) in [5, 5.41) is 5.85. The Morgan fingerprint density at radius 1 is 1.33 bits per heavy atom. The molecule has 0 amide bonds. The first-order valence-electron chi connectivity index (χ1n) is 8.96. The fourth-order valence-corrected chi connectivity index (χ4v) is 3.15. The molecule has 0 aliphatic heterocycles. The Morgan fingerprint density at radius 2 is 2.11 bits per heavy atom. The summed E-state index contributed by atoms with van der Waals surface area (Å²) in [5.74, 6) is 0.162. The van der Waals surface area contributed by atoms with E-state index in [2.05, 4.69) is 15.4 Å². The number of hydrogen-bond acceptors (Lipinski definition) is 3. The minimum absolute atomic E-state index is 0.0765. The second-order valence-corrected chi connectivity index (χ2v) is 7.09. The third-order valence-electron chi connectivity index (χ3n) is 4.84. The number of nitrogens with one attached hydrogen (secondary N) is 1. The number of nitrogens with zero attached hydrogens (tertiary/aromatic N) is 2. The SMILES string of the molecule is Cc1ccc(C(CN/C=N\N)C(F)(F)c2ccc(CC3CC3)cn2)c(F)c1. The zero-order chi connectivity index (χ0) is 19.4. The normalized spacial score (nSPS) is 15.9. The van der Waals surface area contributed by atoms with E-state index in [1.165, 1.54) is 37.2 Å². The van der Waals surface area contributed by atoms with Crippen LogP contribution in [0.3, 0.4) is 0 Å². The van der Waals surface area contributed by atoms with Crippen molar-refractivity contribution in [3.05, 3.63) is 64.7 Å². The number of aromatic nitrogens is 1. The smallest absolute Gasteiger partial charge is 0.298 e. The van der Waals surface area contributed by atoms with Crippen molar-refractivity contribution < 1.29 is 13.2 Å². The van der Waals surface area contributed by atoms with Crippen LogP contribution in [0.4, 0.5) is 13.2 Å². The van der Waals surface area contributed by atoms with Gasteiger partial charge in [-0.05, 0) is 60.9 Å². The Labute approximate surface area is 156 Å². The number of alkyl halides is 2. The quantitative estimate of drug-likeness (QED) is 0.318. The van der Waals surface area contributed by atoms with Crippen LogP contribution in [-0.2, 0) is 12.3 Å². The molecule has 1 aliphatic rings. The number of aryl methyl sites for hydroxylation is 1. The molecule has 0 saturated heterocycles. The van der Waals surface area contributed by atoms with Gasteiger partial charge in [-0.1, -0.05) is 18.2 Å². The molecule has 144 valence electrons. The average molecular weight is 376 g/mol. The fourth-order valence-electron chi connectivity index (χ4n) is 3.15. The summed E-state index contributed by atoms with van der Waals surface area (Å²) in [6.07, 6.45) is 5.84. The fraction of sp³-hybridized carbons (Fsp3) is 0.400. The van der Waals surface area contributed by atoms with E-state index in [0.29, 0.717) is 11.5 Å². The maximum absolute atomic E-state index is 15.3. The molecular weight excluding hydrogens is 353 g/mol. The van der Waals surface area contributed by atoms with Crippen molar-refractivity contribution in [1.82, 2.24) is 10.3 Å². The van der Waals surface area contributed by atoms with Gasteiger partial charge >= 0.3 is 0 Å². The molecule has 1 fully saturated rings. The topological polar surface area (TPSA) is 63.3 Å². The van der Waals surface area contributed by atoms with Crippen molar-refractivity contribution in [2.45, 2.75) is 38.0 Å². The van der Waals surface area contributed by atoms with Gasteiger partial charge in [0.2, 0.25) is 0 Å². The van der Waals surface area contributed by atoms with Crippen LogP contribution in [0.5, 0.6) is 0 Å². The van der Waals surface area contributed by atoms with Crippen LogP contribution in [0.15, 0.2) is 41.6 Å². The first kappa shape index (κ1) is 19.2. The molecule has 4 nitrogen and oxygen atoms in total. The molecule has 0 radical (unpaired) electrons. The second kappa shape index (κ2) is 7.98. The molecule has 1 unspecified atom stereocenters. The highest BCUT2D eigenvalue weighted by atomic mass is 19.3. The molecule has 3 rings (SSSR count). The Hall–Kier alpha value is -2.57. The summed E-state index contributed by atoms with van der Waals surface area (Å²) in [7, 11) is 0. The number of hydrogen-bond donors (Lipinski definition) is 2. The van der Waals surface area contributed by atoms with Crippen molar-refractivity contribution >= 4 is 6.34 Å². The molecule has 1 atom stereocenters. The van der Waals surface area contributed by atoms with Crippen LogP contribution in [0, 0.1) is 18.7 Å². The van der Waals surface area contributed by atoms with Gasteiger partial charge in [-0.2, -0.15) is 13.9 Å². The van der Waals surface area contributed by atoms with Crippen molar-refractivity contribution in [3.8, 4) is 0 Å². The molecule has 1 aliphatic carbocycles. The maximum Gasteiger partial charge on any atom is 0.298 e. The molecule has 0 bridgehead atoms. The second-order valence-electron chi connectivity index (χ2n) is 7.09. The third-order valence-corrected chi connectivity index (χ3v) is 4.84. The van der Waals surface area contributed by atoms with Gasteiger partial charge in [0.1, 0.15) is 17.8 Å². The highest BCUT2D eigenvalue weighted by Gasteiger charge is 2.44. The summed E-state index contributed by atoms with van der Waals surface area (Å²) < 4.78 is 45.0. The molecular formula is C20H23F3N4. The summed E-state index contributed by atoms with van der Waals surface area (Å²) in [6.45, 7) is 1.47. The van der Waals surface area contributed by atoms with E-state index >= 15 is 8.78 Å². The van der Waals surface area contributed by atoms with Crippen LogP contribution in [0.1, 0.15) is 41.1 Å². The molecule has 7 heteroatoms. The molecule has 1 aromatic carbocycles. The lowest BCUT2D eigenvalue weighted by Crippen LogP contribution is -2.34. The average Bonchev–Trinajstić information content (AvgIpc) is 3.44. The highest BCUT2D eigenvalue weighted by Crippen LogP contribution is 2.42. The predicted octanol–water partition coefficient (Wildman–Crippen LogP) is 3.85. The van der Waals surface area contributed by atoms with E-state index in [1.54, 1.807) is 19.1 Å². The summed E-state index contributed by atoms with van der Waals surface area (Å²) in [6, 6.07) is 7.29. The van der Waals surface area contributed by atoms with Gasteiger partial charge in [0.05, 0.1) is 5.92 Å². The lowest BCUT2D eigenvalue weighted by atomic mass is 9.89. The standard InChI is InChI=1S/C20H23F3N4/c1-13-2-6-16(18(21)8-13)17(11-25-12-27-24)20(22,23)19-7-5-15(10-26-19)9-14-3-4-14/h2,5-8,10,12,14,17H,3-4,9,11,24H2,1H3,(H,25,27). The van der Waals surface area contributed by atoms with Crippen LogP contribution < -0.4 is 11.2 Å². The lowest BCUT2D eigenvalue weighted by Gasteiger charge is -2.27. The van der Waals surface area contributed by atoms with Gasteiger partial charge in [-0.3, -0.25) is 4.98 Å². The number of nitrogens with two attached hydrogens (primary N) is 1. The Balaban J connectivity index is 1.90. The number of halogens is 3. The first-order valence-corrected chi connectivity index (χ1v) is 8.96. The zero-order valence-electron chi connectivity index (χ0n) is 15.1. The molecule has 1 heterocycles. The van der Waals surface area contributed by atoms with E-state index in [-0.39, 0.29) is 17.8 Å². The van der Waals surface area contributed by atoms with Gasteiger partial charge in [-0.25, -0.2) is 4.39 Å². The van der Waals surface area contributed by atoms with Crippen LogP contribution in [0.2, 0.25) is 0 Å². The van der Waals surface area contributed by atoms with Crippen molar-refractivity contribution in [3.63, 3.8) is 0 Å². The third kappa shape index (κ3) is 4.59. The van der Waals surface area contributed by atoms with Gasteiger partial charge < -0.3 is 11.2 Å². The van der Waals surface area contributed by atoms with Crippen molar-refractivity contribution in [2.75, 3.05) is 6.54 Å². The van der Waals surface area contributed by atoms with E-state index < -0.39 is 17.7 Å². The number of hydrazone groups is 1. The summed E-state index contributed by atoms with van der Waals surface area (Å²) in [5.41, 5.74) is 1.16. The zero-order valence-corrected chi connectivity index (χ0v) is 15.1. The van der Waals surface area contributed by atoms with E-state index in [1.807, 2.05) is 0 Å². The van der Waals surface area contributed by atoms with E-state index in [9.17, 15) is 4.39 Å². The van der Waals surface area contributed by atoms with Crippen LogP contribution in [-0.4, -0.2) is 17.9 Å². The van der Waals surface area contributed by atoms with Gasteiger partial charge in [0, 0.05) is 12.7 Å². The maximum atomic E-state index is 15.3. The number of pyridine rings is 1. The van der Waals surface area contributed by atoms with Crippen LogP contribution >= 0.6 is 0 Å². The van der Waals surface area contributed by atoms with E-state index in [4.69, 9.17) is 5.84 Å². The van der Waals surface area contributed by atoms with Gasteiger partial charge in [-0.15, -0.1) is 0 Å². The van der Waals surface area contributed by atoms with Crippen molar-refractivity contribution in [2.24, 2.45) is 16.9 Å². The largest absolute Gasteiger partial charge is 0.374 e. The molecule has 1 saturated carbocycles. The summed E-state index contributed by atoms with van der Waals surface area (Å²) >= 11 is 0. The predicted molar refractivity (Wildman–Crippen MR) is 99.1 cm³/mol. The molecule has 1 aromatic heterocycles. The monoisotopic (exact) mass is 376 g/mol. The molecule has 3 N–H and O–H groups in total. The Bertz CT molecular complexity index is 801. The highest BCUT2D eigenvalue weighted by molar-refractivity contribution is 5.53.